The minimum Gasteiger partial charge on any atom is -0.478 e. The zero-order valence-corrected chi connectivity index (χ0v) is 9.91. The summed E-state index contributed by atoms with van der Waals surface area (Å²) in [6.07, 6.45) is 0.920. The number of benzene rings is 1. The molecule has 1 aromatic carbocycles. The van der Waals surface area contributed by atoms with Crippen molar-refractivity contribution in [3.8, 4) is 0 Å². The first-order valence-corrected chi connectivity index (χ1v) is 5.58. The summed E-state index contributed by atoms with van der Waals surface area (Å²) in [5, 5.41) is 9.50. The van der Waals surface area contributed by atoms with E-state index in [1.54, 1.807) is 24.3 Å². The summed E-state index contributed by atoms with van der Waals surface area (Å²) in [4.78, 5) is 11.0. The Bertz CT molecular complexity index is 404. The van der Waals surface area contributed by atoms with Crippen LogP contribution in [0.1, 0.15) is 11.1 Å². The van der Waals surface area contributed by atoms with Gasteiger partial charge in [-0.05, 0) is 11.1 Å². The fraction of sp³-hybridized carbons (Fsp3) is 0.182. The predicted octanol–water partition coefficient (Wildman–Crippen LogP) is 2.95. The molecule has 0 aliphatic heterocycles. The third-order valence-corrected chi connectivity index (χ3v) is 2.55. The number of carboxylic acid groups (broad SMARTS) is 1. The molecule has 0 saturated heterocycles. The number of hydrogen-bond donors (Lipinski definition) is 1. The van der Waals surface area contributed by atoms with Crippen LogP contribution in [-0.2, 0) is 14.9 Å². The van der Waals surface area contributed by atoms with E-state index in [0.717, 1.165) is 11.8 Å². The molecule has 0 fully saturated rings. The van der Waals surface area contributed by atoms with Crippen LogP contribution in [0, 0.1) is 0 Å². The second-order valence-electron chi connectivity index (χ2n) is 2.90. The van der Waals surface area contributed by atoms with Gasteiger partial charge in [-0.25, -0.2) is 9.18 Å². The molecule has 3 nitrogen and oxygen atoms in total. The van der Waals surface area contributed by atoms with Crippen LogP contribution in [0.15, 0.2) is 30.5 Å². The first-order chi connectivity index (χ1) is 7.70. The van der Waals surface area contributed by atoms with E-state index in [4.69, 9.17) is 5.11 Å². The minimum atomic E-state index is -1.15. The predicted molar refractivity (Wildman–Crippen MR) is 61.7 cm³/mol. The summed E-state index contributed by atoms with van der Waals surface area (Å²) >= 11 is 3.26. The first-order valence-electron chi connectivity index (χ1n) is 4.46. The molecule has 0 spiro atoms. The van der Waals surface area contributed by atoms with Crippen molar-refractivity contribution in [2.24, 2.45) is 0 Å². The van der Waals surface area contributed by atoms with Gasteiger partial charge in [0.25, 0.3) is 0 Å². The Morgan fingerprint density at radius 3 is 2.75 bits per heavy atom. The molecular formula is C11H10BrFO3. The number of halogens is 2. The number of ether oxygens (including phenoxy) is 1. The third-order valence-electron chi connectivity index (χ3n) is 1.95. The van der Waals surface area contributed by atoms with Gasteiger partial charge < -0.3 is 9.84 Å². The summed E-state index contributed by atoms with van der Waals surface area (Å²) in [7, 11) is 0. The zero-order valence-electron chi connectivity index (χ0n) is 8.32. The Balaban J connectivity index is 3.15. The molecule has 1 N–H and O–H groups in total. The van der Waals surface area contributed by atoms with Crippen molar-refractivity contribution in [1.82, 2.24) is 0 Å². The number of rotatable bonds is 5. The monoisotopic (exact) mass is 288 g/mol. The summed E-state index contributed by atoms with van der Waals surface area (Å²) in [5.74, 6) is -1.15. The topological polar surface area (TPSA) is 46.5 Å². The van der Waals surface area contributed by atoms with Crippen LogP contribution >= 0.6 is 15.9 Å². The normalized spacial score (nSPS) is 11.2. The van der Waals surface area contributed by atoms with E-state index in [2.05, 4.69) is 20.7 Å². The van der Waals surface area contributed by atoms with Crippen molar-refractivity contribution in [3.05, 3.63) is 41.7 Å². The maximum Gasteiger partial charge on any atom is 0.339 e. The minimum absolute atomic E-state index is 0.0623. The molecule has 1 rings (SSSR count). The lowest BCUT2D eigenvalue weighted by Gasteiger charge is -2.07. The summed E-state index contributed by atoms with van der Waals surface area (Å²) in [6.45, 7) is -1.05. The van der Waals surface area contributed by atoms with E-state index in [9.17, 15) is 9.18 Å². The number of carbonyl (C=O) groups is 1. The molecule has 0 unspecified atom stereocenters. The molecule has 0 radical (unpaired) electrons. The molecule has 16 heavy (non-hydrogen) atoms. The fourth-order valence-electron chi connectivity index (χ4n) is 1.24. The maximum atomic E-state index is 11.8. The van der Waals surface area contributed by atoms with Gasteiger partial charge in [-0.1, -0.05) is 40.2 Å². The van der Waals surface area contributed by atoms with Crippen LogP contribution in [0.2, 0.25) is 0 Å². The smallest absolute Gasteiger partial charge is 0.339 e. The van der Waals surface area contributed by atoms with Crippen molar-refractivity contribution < 1.29 is 19.0 Å². The highest BCUT2D eigenvalue weighted by atomic mass is 79.9. The maximum absolute atomic E-state index is 11.8. The second-order valence-corrected chi connectivity index (χ2v) is 3.46. The van der Waals surface area contributed by atoms with Crippen molar-refractivity contribution >= 4 is 27.5 Å². The highest BCUT2D eigenvalue weighted by Crippen LogP contribution is 2.21. The molecule has 0 heterocycles. The van der Waals surface area contributed by atoms with Crippen molar-refractivity contribution in [2.75, 3.05) is 6.86 Å². The van der Waals surface area contributed by atoms with E-state index < -0.39 is 12.8 Å². The molecule has 5 heteroatoms. The number of alkyl halides is 2. The zero-order chi connectivity index (χ0) is 12.0. The van der Waals surface area contributed by atoms with Gasteiger partial charge in [-0.2, -0.15) is 0 Å². The van der Waals surface area contributed by atoms with E-state index in [-0.39, 0.29) is 5.57 Å². The van der Waals surface area contributed by atoms with Gasteiger partial charge in [0.15, 0.2) is 0 Å². The number of hydrogen-bond acceptors (Lipinski definition) is 2. The molecular weight excluding hydrogens is 279 g/mol. The van der Waals surface area contributed by atoms with Gasteiger partial charge in [-0.3, -0.25) is 0 Å². The van der Waals surface area contributed by atoms with Gasteiger partial charge in [-0.15, -0.1) is 0 Å². The average molecular weight is 289 g/mol. The Labute approximate surface area is 101 Å². The van der Waals surface area contributed by atoms with Gasteiger partial charge in [0.05, 0.1) is 0 Å². The molecule has 0 bridgehead atoms. The SMILES string of the molecule is O=C(O)C(=COCF)c1ccccc1CBr. The molecule has 0 atom stereocenters. The Hall–Kier alpha value is -1.36. The van der Waals surface area contributed by atoms with Crippen LogP contribution in [0.5, 0.6) is 0 Å². The Kier molecular flexibility index (Phi) is 4.98. The molecule has 0 saturated carbocycles. The van der Waals surface area contributed by atoms with E-state index in [1.807, 2.05) is 0 Å². The highest BCUT2D eigenvalue weighted by molar-refractivity contribution is 9.08. The summed E-state index contributed by atoms with van der Waals surface area (Å²) in [5.41, 5.74) is 1.26. The summed E-state index contributed by atoms with van der Waals surface area (Å²) < 4.78 is 16.2. The van der Waals surface area contributed by atoms with Crippen molar-refractivity contribution in [2.45, 2.75) is 5.33 Å². The quantitative estimate of drug-likeness (QED) is 0.515. The Morgan fingerprint density at radius 2 is 2.19 bits per heavy atom. The van der Waals surface area contributed by atoms with E-state index >= 15 is 0 Å². The fourth-order valence-corrected chi connectivity index (χ4v) is 1.73. The summed E-state index contributed by atoms with van der Waals surface area (Å²) in [6, 6.07) is 6.96. The number of aliphatic carboxylic acids is 1. The molecule has 0 aromatic heterocycles. The third kappa shape index (κ3) is 3.06. The van der Waals surface area contributed by atoms with Crippen molar-refractivity contribution in [1.29, 1.82) is 0 Å². The van der Waals surface area contributed by atoms with E-state index in [1.165, 1.54) is 0 Å². The Morgan fingerprint density at radius 1 is 1.50 bits per heavy atom. The standard InChI is InChI=1S/C11H10BrFO3/c12-5-8-3-1-2-4-9(8)10(11(14)15)6-16-7-13/h1-4,6H,5,7H2,(H,14,15). The number of carboxylic acids is 1. The lowest BCUT2D eigenvalue weighted by Crippen LogP contribution is -2.03. The van der Waals surface area contributed by atoms with Crippen LogP contribution in [0.4, 0.5) is 4.39 Å². The molecule has 1 aromatic rings. The largest absolute Gasteiger partial charge is 0.478 e. The van der Waals surface area contributed by atoms with Crippen LogP contribution in [-0.4, -0.2) is 17.9 Å². The van der Waals surface area contributed by atoms with Gasteiger partial charge in [0.2, 0.25) is 6.86 Å². The van der Waals surface area contributed by atoms with Crippen LogP contribution in [0.3, 0.4) is 0 Å². The lowest BCUT2D eigenvalue weighted by atomic mass is 10.0. The van der Waals surface area contributed by atoms with Crippen LogP contribution in [0.25, 0.3) is 5.57 Å². The average Bonchev–Trinajstić information content (AvgIpc) is 2.29. The van der Waals surface area contributed by atoms with Crippen LogP contribution < -0.4 is 0 Å². The molecule has 0 aliphatic carbocycles. The van der Waals surface area contributed by atoms with Gasteiger partial charge in [0.1, 0.15) is 11.8 Å². The molecule has 0 amide bonds. The van der Waals surface area contributed by atoms with Crippen molar-refractivity contribution in [3.63, 3.8) is 0 Å². The van der Waals surface area contributed by atoms with Gasteiger partial charge >= 0.3 is 5.97 Å². The lowest BCUT2D eigenvalue weighted by molar-refractivity contribution is -0.130. The van der Waals surface area contributed by atoms with Gasteiger partial charge in [0, 0.05) is 5.33 Å². The first kappa shape index (κ1) is 12.7. The van der Waals surface area contributed by atoms with E-state index in [0.29, 0.717) is 10.9 Å². The molecule has 0 aliphatic rings. The second kappa shape index (κ2) is 6.27. The molecule has 86 valence electrons. The highest BCUT2D eigenvalue weighted by Gasteiger charge is 2.14.